The molecule has 0 radical (unpaired) electrons. The number of morpholine rings is 1. The Bertz CT molecular complexity index is 2620. The van der Waals surface area contributed by atoms with Crippen LogP contribution in [0.25, 0.3) is 0 Å². The summed E-state index contributed by atoms with van der Waals surface area (Å²) in [5, 5.41) is 25.4. The number of nitro groups is 1. The fourth-order valence-electron chi connectivity index (χ4n) is 11.4. The van der Waals surface area contributed by atoms with E-state index >= 15 is 0 Å². The molecule has 2 aliphatic carbocycles. The normalized spacial score (nSPS) is 23.3. The number of sulfonamides is 1. The van der Waals surface area contributed by atoms with E-state index in [1.165, 1.54) is 17.7 Å². The number of piperidine rings is 1. The third-order valence-electron chi connectivity index (χ3n) is 15.6. The molecule has 71 heavy (non-hydrogen) atoms. The third-order valence-corrected chi connectivity index (χ3v) is 16.9. The number of methoxy groups -OCH3 is 1. The number of ether oxygens (including phenoxy) is 3. The van der Waals surface area contributed by atoms with Gasteiger partial charge in [-0.1, -0.05) is 18.2 Å². The molecular formula is C53H70N8O9S. The average Bonchev–Trinajstić information content (AvgIpc) is 3.35. The standard InChI is InChI=1S/C53H70N8O9S/c1-37(2)70-48-8-6-5-7-44(48)47-36-57(35-39-29-49(68-4)50(55-34-39)59-25-27-69-28-26-59)23-24-60(47)42-31-53(32-42)19-21-58(22-20-53)41-11-9-40(10-12-41)51(62)56-71(66,67)43-13-14-45(46(30-43)61(64)65)54-33-38-15-17-52(3,63)18-16-38/h5-14,29-30,34,37-38,42,47,54,63H,15-28,31-33,35-36H2,1-4H3,(H,56,62)/t38?,47-,52?/m1/s1. The largest absolute Gasteiger partial charge is 0.493 e. The molecule has 3 aromatic carbocycles. The number of nitro benzene ring substituents is 1. The van der Waals surface area contributed by atoms with Crippen LogP contribution in [0.5, 0.6) is 11.5 Å². The number of pyridine rings is 1. The third kappa shape index (κ3) is 11.7. The molecule has 4 aromatic rings. The maximum Gasteiger partial charge on any atom is 0.293 e. The molecule has 17 nitrogen and oxygen atoms in total. The van der Waals surface area contributed by atoms with E-state index in [1.54, 1.807) is 19.2 Å². The number of carbonyl (C=O) groups is 1. The van der Waals surface area contributed by atoms with Crippen LogP contribution in [0.4, 0.5) is 22.9 Å². The van der Waals surface area contributed by atoms with Crippen LogP contribution in [0.2, 0.25) is 0 Å². The van der Waals surface area contributed by atoms with Gasteiger partial charge in [0.05, 0.1) is 47.9 Å². The van der Waals surface area contributed by atoms with Crippen LogP contribution in [0.3, 0.4) is 0 Å². The first kappa shape index (κ1) is 50.4. The van der Waals surface area contributed by atoms with Crippen LogP contribution in [-0.4, -0.2) is 130 Å². The van der Waals surface area contributed by atoms with E-state index in [4.69, 9.17) is 19.2 Å². The van der Waals surface area contributed by atoms with Crippen molar-refractivity contribution in [3.63, 3.8) is 0 Å². The van der Waals surface area contributed by atoms with Gasteiger partial charge in [-0.25, -0.2) is 18.1 Å². The van der Waals surface area contributed by atoms with Crippen molar-refractivity contribution in [1.82, 2.24) is 19.5 Å². The minimum absolute atomic E-state index is 0.0539. The van der Waals surface area contributed by atoms with Gasteiger partial charge in [0.1, 0.15) is 11.4 Å². The summed E-state index contributed by atoms with van der Waals surface area (Å²) in [4.78, 5) is 39.0. The highest BCUT2D eigenvalue weighted by atomic mass is 32.2. The minimum Gasteiger partial charge on any atom is -0.493 e. The van der Waals surface area contributed by atoms with E-state index in [9.17, 15) is 28.4 Å². The quantitative estimate of drug-likeness (QED) is 0.0743. The van der Waals surface area contributed by atoms with Crippen molar-refractivity contribution in [2.45, 2.75) is 107 Å². The first-order valence-corrected chi connectivity index (χ1v) is 26.8. The number of anilines is 3. The SMILES string of the molecule is COc1cc(CN2CCN(C3CC4(CCN(c5ccc(C(=O)NS(=O)(=O)c6ccc(NCC7CCC(C)(O)CC7)c([N+](=O)[O-])c6)cc5)CC4)C3)[C@@H](c3ccccc3OC(C)C)C2)cnc1N1CCOCC1. The molecule has 0 unspecified atom stereocenters. The molecule has 1 atom stereocenters. The smallest absolute Gasteiger partial charge is 0.293 e. The Morgan fingerprint density at radius 3 is 2.34 bits per heavy atom. The summed E-state index contributed by atoms with van der Waals surface area (Å²) >= 11 is 0. The molecular weight excluding hydrogens is 925 g/mol. The van der Waals surface area contributed by atoms with E-state index in [1.807, 2.05) is 25.3 Å². The lowest BCUT2D eigenvalue weighted by molar-refractivity contribution is -0.384. The van der Waals surface area contributed by atoms with Crippen LogP contribution in [0, 0.1) is 21.4 Å². The fourth-order valence-corrected chi connectivity index (χ4v) is 12.4. The van der Waals surface area contributed by atoms with Crippen LogP contribution in [0.1, 0.15) is 99.7 Å². The molecule has 2 saturated carbocycles. The summed E-state index contributed by atoms with van der Waals surface area (Å²) in [5.74, 6) is 2.01. The van der Waals surface area contributed by atoms with Crippen LogP contribution >= 0.6 is 0 Å². The summed E-state index contributed by atoms with van der Waals surface area (Å²) in [6.45, 7) is 14.7. The number of piperazine rings is 1. The molecule has 0 bridgehead atoms. The zero-order valence-corrected chi connectivity index (χ0v) is 42.4. The number of para-hydroxylation sites is 1. The second-order valence-electron chi connectivity index (χ2n) is 20.9. The first-order valence-electron chi connectivity index (χ1n) is 25.3. The van der Waals surface area contributed by atoms with E-state index in [0.717, 1.165) is 126 Å². The maximum absolute atomic E-state index is 13.4. The molecule has 18 heteroatoms. The Morgan fingerprint density at radius 1 is 0.930 bits per heavy atom. The van der Waals surface area contributed by atoms with Gasteiger partial charge in [0, 0.05) is 94.0 Å². The Morgan fingerprint density at radius 2 is 1.65 bits per heavy atom. The lowest BCUT2D eigenvalue weighted by Gasteiger charge is -2.58. The van der Waals surface area contributed by atoms with Crippen molar-refractivity contribution in [2.24, 2.45) is 11.3 Å². The highest BCUT2D eigenvalue weighted by Gasteiger charge is 2.50. The Labute approximate surface area is 418 Å². The van der Waals surface area contributed by atoms with Gasteiger partial charge in [-0.2, -0.15) is 0 Å². The van der Waals surface area contributed by atoms with Gasteiger partial charge in [0.25, 0.3) is 21.6 Å². The maximum atomic E-state index is 13.4. The number of aliphatic hydroxyl groups is 1. The summed E-state index contributed by atoms with van der Waals surface area (Å²) in [5.41, 5.74) is 2.85. The highest BCUT2D eigenvalue weighted by molar-refractivity contribution is 7.90. The van der Waals surface area contributed by atoms with E-state index in [-0.39, 0.29) is 39.6 Å². The average molecular weight is 995 g/mol. The number of hydrogen-bond acceptors (Lipinski definition) is 15. The van der Waals surface area contributed by atoms with Crippen LogP contribution < -0.4 is 29.3 Å². The van der Waals surface area contributed by atoms with Crippen molar-refractivity contribution in [1.29, 1.82) is 0 Å². The molecule has 1 spiro atoms. The lowest BCUT2D eigenvalue weighted by atomic mass is 9.59. The van der Waals surface area contributed by atoms with Gasteiger partial charge >= 0.3 is 0 Å². The van der Waals surface area contributed by atoms with Gasteiger partial charge in [-0.15, -0.1) is 0 Å². The van der Waals surface area contributed by atoms with Crippen molar-refractivity contribution in [2.75, 3.05) is 87.8 Å². The Kier molecular flexibility index (Phi) is 15.1. The van der Waals surface area contributed by atoms with Gasteiger partial charge in [-0.05, 0) is 138 Å². The molecule has 382 valence electrons. The molecule has 1 aromatic heterocycles. The minimum atomic E-state index is -4.42. The van der Waals surface area contributed by atoms with Crippen molar-refractivity contribution in [3.8, 4) is 11.5 Å². The van der Waals surface area contributed by atoms with E-state index in [2.05, 4.69) is 73.8 Å². The van der Waals surface area contributed by atoms with Gasteiger partial charge in [0.2, 0.25) is 0 Å². The summed E-state index contributed by atoms with van der Waals surface area (Å²) in [7, 11) is -2.71. The number of benzene rings is 3. The number of amides is 1. The first-order chi connectivity index (χ1) is 34.1. The lowest BCUT2D eigenvalue weighted by Crippen LogP contribution is -2.59. The van der Waals surface area contributed by atoms with Crippen molar-refractivity contribution >= 4 is 38.8 Å². The predicted octanol–water partition coefficient (Wildman–Crippen LogP) is 7.40. The van der Waals surface area contributed by atoms with Crippen LogP contribution in [0.15, 0.2) is 83.9 Å². The fraction of sp³-hybridized carbons (Fsp3) is 0.547. The zero-order valence-electron chi connectivity index (χ0n) is 41.6. The van der Waals surface area contributed by atoms with E-state index in [0.29, 0.717) is 38.6 Å². The van der Waals surface area contributed by atoms with Gasteiger partial charge in [-0.3, -0.25) is 24.7 Å². The number of aromatic nitrogens is 1. The second kappa shape index (κ2) is 21.3. The Balaban J connectivity index is 0.798. The molecule has 3 N–H and O–H groups in total. The van der Waals surface area contributed by atoms with Crippen LogP contribution in [-0.2, 0) is 21.3 Å². The van der Waals surface area contributed by atoms with Crippen molar-refractivity contribution in [3.05, 3.63) is 106 Å². The monoisotopic (exact) mass is 994 g/mol. The molecule has 1 amide bonds. The summed E-state index contributed by atoms with van der Waals surface area (Å²) < 4.78 is 46.7. The zero-order chi connectivity index (χ0) is 49.9. The van der Waals surface area contributed by atoms with E-state index < -0.39 is 32.1 Å². The van der Waals surface area contributed by atoms with Crippen molar-refractivity contribution < 1.29 is 37.5 Å². The molecule has 5 aliphatic rings. The predicted molar refractivity (Wildman–Crippen MR) is 273 cm³/mol. The number of carbonyl (C=O) groups excluding carboxylic acids is 1. The summed E-state index contributed by atoms with van der Waals surface area (Å²) in [6.07, 6.45) is 9.30. The molecule has 4 heterocycles. The molecule has 5 fully saturated rings. The highest BCUT2D eigenvalue weighted by Crippen LogP contribution is 2.53. The topological polar surface area (TPSA) is 192 Å². The number of hydrogen-bond donors (Lipinski definition) is 3. The Hall–Kier alpha value is -5.53. The number of rotatable bonds is 16. The molecule has 3 aliphatic heterocycles. The summed E-state index contributed by atoms with van der Waals surface area (Å²) in [6, 6.07) is 21.8. The number of nitrogens with zero attached hydrogens (tertiary/aromatic N) is 6. The number of nitrogens with one attached hydrogen (secondary N) is 2. The molecule has 3 saturated heterocycles. The van der Waals surface area contributed by atoms with Gasteiger partial charge in [0.15, 0.2) is 11.6 Å². The second-order valence-corrected chi connectivity index (χ2v) is 22.6. The molecule has 9 rings (SSSR count). The van der Waals surface area contributed by atoms with Gasteiger partial charge < -0.3 is 34.4 Å².